The van der Waals surface area contributed by atoms with Gasteiger partial charge in [-0.15, -0.1) is 0 Å². The lowest BCUT2D eigenvalue weighted by Gasteiger charge is -2.57. The lowest BCUT2D eigenvalue weighted by atomic mass is 9.48. The van der Waals surface area contributed by atoms with Crippen LogP contribution in [0.5, 0.6) is 0 Å². The standard InChI is InChI=1S/C19H28O6S/c1-17-9-10-19(21,25-26(22,23)24)11-12(17)3-4-13-14-5-6-16(20)18(14,2)8-7-15(13)17/h3,13-15,21H,4-11H2,1-2H3,(H,22,23,24)/t13?,14?,15?,17-,18-,19+/m0/s1. The summed E-state index contributed by atoms with van der Waals surface area (Å²) in [7, 11) is -4.70. The van der Waals surface area contributed by atoms with Crippen LogP contribution in [0.25, 0.3) is 0 Å². The molecule has 4 rings (SSSR count). The van der Waals surface area contributed by atoms with Gasteiger partial charge in [0.1, 0.15) is 5.78 Å². The highest BCUT2D eigenvalue weighted by Crippen LogP contribution is 2.64. The third-order valence-corrected chi connectivity index (χ3v) is 8.62. The van der Waals surface area contributed by atoms with Gasteiger partial charge in [0.2, 0.25) is 0 Å². The Kier molecular flexibility index (Phi) is 4.02. The molecule has 4 aliphatic carbocycles. The van der Waals surface area contributed by atoms with Gasteiger partial charge in [-0.1, -0.05) is 25.5 Å². The SMILES string of the molecule is C[C@]12CC[C@@](O)(OS(=O)(=O)O)CC1=CCC1C2CC[C@]2(C)C(=O)CCC12. The summed E-state index contributed by atoms with van der Waals surface area (Å²) in [5.41, 5.74) is 0.751. The van der Waals surface area contributed by atoms with E-state index in [1.54, 1.807) is 0 Å². The van der Waals surface area contributed by atoms with E-state index in [9.17, 15) is 18.3 Å². The molecule has 0 bridgehead atoms. The van der Waals surface area contributed by atoms with Gasteiger partial charge < -0.3 is 5.11 Å². The van der Waals surface area contributed by atoms with Crippen molar-refractivity contribution >= 4 is 16.2 Å². The Morgan fingerprint density at radius 3 is 2.50 bits per heavy atom. The first-order chi connectivity index (χ1) is 12.0. The molecular formula is C19H28O6S. The van der Waals surface area contributed by atoms with E-state index >= 15 is 0 Å². The lowest BCUT2D eigenvalue weighted by Crippen LogP contribution is -2.52. The average Bonchev–Trinajstić information content (AvgIpc) is 2.82. The number of allylic oxidation sites excluding steroid dienone is 1. The number of carbonyl (C=O) groups is 1. The molecule has 0 amide bonds. The monoisotopic (exact) mass is 384 g/mol. The third-order valence-electron chi connectivity index (χ3n) is 8.10. The van der Waals surface area contributed by atoms with Crippen molar-refractivity contribution < 1.29 is 27.1 Å². The normalized spacial score (nSPS) is 48.4. The summed E-state index contributed by atoms with van der Waals surface area (Å²) in [6.07, 6.45) is 7.48. The zero-order valence-electron chi connectivity index (χ0n) is 15.4. The van der Waals surface area contributed by atoms with E-state index in [2.05, 4.69) is 24.1 Å². The molecule has 0 spiro atoms. The van der Waals surface area contributed by atoms with Crippen LogP contribution in [0.2, 0.25) is 0 Å². The largest absolute Gasteiger partial charge is 0.400 e. The van der Waals surface area contributed by atoms with Gasteiger partial charge in [0.05, 0.1) is 0 Å². The van der Waals surface area contributed by atoms with Crippen LogP contribution in [0.4, 0.5) is 0 Å². The zero-order chi connectivity index (χ0) is 19.0. The number of ketones is 1. The Labute approximate surface area is 155 Å². The molecule has 6 atom stereocenters. The van der Waals surface area contributed by atoms with E-state index in [1.807, 2.05) is 0 Å². The lowest BCUT2D eigenvalue weighted by molar-refractivity contribution is -0.169. The second-order valence-corrected chi connectivity index (χ2v) is 10.3. The van der Waals surface area contributed by atoms with E-state index in [1.165, 1.54) is 0 Å². The Balaban J connectivity index is 1.63. The first kappa shape index (κ1) is 18.6. The fourth-order valence-electron chi connectivity index (χ4n) is 6.66. The Morgan fingerprint density at radius 1 is 1.12 bits per heavy atom. The van der Waals surface area contributed by atoms with E-state index in [4.69, 9.17) is 4.55 Å². The Hall–Kier alpha value is -0.760. The van der Waals surface area contributed by atoms with Crippen molar-refractivity contribution in [2.24, 2.45) is 28.6 Å². The van der Waals surface area contributed by atoms with Gasteiger partial charge in [0, 0.05) is 24.7 Å². The van der Waals surface area contributed by atoms with Crippen molar-refractivity contribution in [3.05, 3.63) is 11.6 Å². The minimum Gasteiger partial charge on any atom is -0.364 e. The van der Waals surface area contributed by atoms with Gasteiger partial charge in [-0.3, -0.25) is 9.35 Å². The molecule has 4 aliphatic rings. The fraction of sp³-hybridized carbons (Fsp3) is 0.842. The molecule has 0 aliphatic heterocycles. The zero-order valence-corrected chi connectivity index (χ0v) is 16.2. The van der Waals surface area contributed by atoms with Gasteiger partial charge in [-0.25, -0.2) is 4.18 Å². The summed E-state index contributed by atoms with van der Waals surface area (Å²) in [5, 5.41) is 10.5. The molecule has 6 nitrogen and oxygen atoms in total. The number of aliphatic hydroxyl groups is 1. The fourth-order valence-corrected chi connectivity index (χ4v) is 7.19. The minimum atomic E-state index is -4.70. The smallest absolute Gasteiger partial charge is 0.364 e. The van der Waals surface area contributed by atoms with Gasteiger partial charge in [0.15, 0.2) is 5.79 Å². The van der Waals surface area contributed by atoms with E-state index in [-0.39, 0.29) is 23.7 Å². The molecule has 0 aromatic carbocycles. The predicted octanol–water partition coefficient (Wildman–Crippen LogP) is 3.03. The van der Waals surface area contributed by atoms with Gasteiger partial charge >= 0.3 is 10.4 Å². The van der Waals surface area contributed by atoms with Crippen molar-refractivity contribution in [2.75, 3.05) is 0 Å². The summed E-state index contributed by atoms with van der Waals surface area (Å²) in [6.45, 7) is 4.35. The predicted molar refractivity (Wildman–Crippen MR) is 94.3 cm³/mol. The number of hydrogen-bond donors (Lipinski definition) is 2. The molecule has 3 fully saturated rings. The molecule has 0 aromatic rings. The number of fused-ring (bicyclic) bond motifs is 5. The number of carbonyl (C=O) groups excluding carboxylic acids is 1. The maximum atomic E-state index is 12.4. The summed E-state index contributed by atoms with van der Waals surface area (Å²) >= 11 is 0. The number of hydrogen-bond acceptors (Lipinski definition) is 5. The molecule has 0 radical (unpaired) electrons. The molecule has 7 heteroatoms. The van der Waals surface area contributed by atoms with Crippen LogP contribution in [0.3, 0.4) is 0 Å². The van der Waals surface area contributed by atoms with Crippen LogP contribution < -0.4 is 0 Å². The molecule has 0 heterocycles. The first-order valence-corrected chi connectivity index (χ1v) is 11.0. The van der Waals surface area contributed by atoms with Crippen LogP contribution in [0.1, 0.15) is 65.2 Å². The Morgan fingerprint density at radius 2 is 1.81 bits per heavy atom. The minimum absolute atomic E-state index is 0.105. The topological polar surface area (TPSA) is 101 Å². The number of rotatable bonds is 2. The van der Waals surface area contributed by atoms with Gasteiger partial charge in [-0.2, -0.15) is 8.42 Å². The highest BCUT2D eigenvalue weighted by molar-refractivity contribution is 7.80. The second kappa shape index (κ2) is 5.63. The quantitative estimate of drug-likeness (QED) is 0.431. The molecule has 0 aromatic heterocycles. The average molecular weight is 384 g/mol. The summed E-state index contributed by atoms with van der Waals surface area (Å²) in [5.74, 6) is -0.0961. The van der Waals surface area contributed by atoms with Crippen molar-refractivity contribution in [3.8, 4) is 0 Å². The van der Waals surface area contributed by atoms with Crippen LogP contribution in [0.15, 0.2) is 11.6 Å². The molecule has 2 N–H and O–H groups in total. The Bertz CT molecular complexity index is 773. The third kappa shape index (κ3) is 2.70. The van der Waals surface area contributed by atoms with Crippen molar-refractivity contribution in [2.45, 2.75) is 71.0 Å². The first-order valence-electron chi connectivity index (χ1n) is 9.60. The molecule has 146 valence electrons. The molecule has 3 saturated carbocycles. The van der Waals surface area contributed by atoms with Crippen molar-refractivity contribution in [1.82, 2.24) is 0 Å². The summed E-state index contributed by atoms with van der Waals surface area (Å²) < 4.78 is 35.7. The highest BCUT2D eigenvalue weighted by atomic mass is 32.3. The van der Waals surface area contributed by atoms with E-state index in [0.29, 0.717) is 36.4 Å². The second-order valence-electron chi connectivity index (χ2n) is 9.31. The highest BCUT2D eigenvalue weighted by Gasteiger charge is 2.59. The van der Waals surface area contributed by atoms with Crippen molar-refractivity contribution in [1.29, 1.82) is 0 Å². The molecule has 0 saturated heterocycles. The van der Waals surface area contributed by atoms with Crippen LogP contribution >= 0.6 is 0 Å². The molecular weight excluding hydrogens is 356 g/mol. The van der Waals surface area contributed by atoms with Crippen LogP contribution in [-0.4, -0.2) is 29.6 Å². The maximum absolute atomic E-state index is 12.4. The van der Waals surface area contributed by atoms with Gasteiger partial charge in [-0.05, 0) is 55.3 Å². The number of Topliss-reactive ketones (excluding diaryl/α,β-unsaturated/α-hetero) is 1. The van der Waals surface area contributed by atoms with Crippen LogP contribution in [-0.2, 0) is 19.4 Å². The maximum Gasteiger partial charge on any atom is 0.400 e. The van der Waals surface area contributed by atoms with Crippen LogP contribution in [0, 0.1) is 28.6 Å². The molecule has 3 unspecified atom stereocenters. The van der Waals surface area contributed by atoms with Crippen molar-refractivity contribution in [3.63, 3.8) is 0 Å². The summed E-state index contributed by atoms with van der Waals surface area (Å²) in [4.78, 5) is 12.4. The van der Waals surface area contributed by atoms with Gasteiger partial charge in [0.25, 0.3) is 0 Å². The van der Waals surface area contributed by atoms with E-state index in [0.717, 1.165) is 31.3 Å². The summed E-state index contributed by atoms with van der Waals surface area (Å²) in [6, 6.07) is 0. The van der Waals surface area contributed by atoms with E-state index < -0.39 is 16.2 Å². The molecule has 26 heavy (non-hydrogen) atoms.